The predicted molar refractivity (Wildman–Crippen MR) is 77.3 cm³/mol. The van der Waals surface area contributed by atoms with Crippen LogP contribution in [-0.4, -0.2) is 13.1 Å². The molecule has 0 aromatic heterocycles. The average Bonchev–Trinajstić information content (AvgIpc) is 2.47. The van der Waals surface area contributed by atoms with E-state index in [0.29, 0.717) is 5.41 Å². The van der Waals surface area contributed by atoms with Gasteiger partial charge in [0.25, 0.3) is 0 Å². The van der Waals surface area contributed by atoms with Crippen LogP contribution in [0.2, 0.25) is 0 Å². The molecule has 1 fully saturated rings. The Labute approximate surface area is 109 Å². The molecule has 0 aromatic rings. The third-order valence-corrected chi connectivity index (χ3v) is 4.24. The highest BCUT2D eigenvalue weighted by atomic mass is 14.8. The van der Waals surface area contributed by atoms with E-state index in [9.17, 15) is 0 Å². The third kappa shape index (κ3) is 6.45. The van der Waals surface area contributed by atoms with Gasteiger partial charge in [-0.2, -0.15) is 0 Å². The van der Waals surface area contributed by atoms with Crippen LogP contribution >= 0.6 is 0 Å². The maximum atomic E-state index is 3.57. The van der Waals surface area contributed by atoms with Crippen molar-refractivity contribution in [3.63, 3.8) is 0 Å². The van der Waals surface area contributed by atoms with Gasteiger partial charge in [-0.3, -0.25) is 0 Å². The Kier molecular flexibility index (Phi) is 6.54. The van der Waals surface area contributed by atoms with Gasteiger partial charge in [-0.05, 0) is 49.6 Å². The summed E-state index contributed by atoms with van der Waals surface area (Å²) in [5.74, 6) is 1.93. The molecule has 102 valence electrons. The third-order valence-electron chi connectivity index (χ3n) is 4.24. The quantitative estimate of drug-likeness (QED) is 0.690. The lowest BCUT2D eigenvalue weighted by molar-refractivity contribution is 0.241. The van der Waals surface area contributed by atoms with E-state index < -0.39 is 0 Å². The summed E-state index contributed by atoms with van der Waals surface area (Å²) in [6, 6.07) is 0. The molecule has 0 aromatic carbocycles. The topological polar surface area (TPSA) is 12.0 Å². The van der Waals surface area contributed by atoms with Gasteiger partial charge in [0.15, 0.2) is 0 Å². The van der Waals surface area contributed by atoms with E-state index in [-0.39, 0.29) is 0 Å². The predicted octanol–water partition coefficient (Wildman–Crippen LogP) is 4.62. The van der Waals surface area contributed by atoms with Gasteiger partial charge in [0.2, 0.25) is 0 Å². The van der Waals surface area contributed by atoms with E-state index in [2.05, 4.69) is 33.0 Å². The standard InChI is InChI=1S/C16H33N/c1-5-17-13-15-10-8-6-7-9-14(15)11-12-16(2,3)4/h14-15,17H,5-13H2,1-4H3. The zero-order chi connectivity index (χ0) is 12.7. The molecule has 17 heavy (non-hydrogen) atoms. The van der Waals surface area contributed by atoms with Crippen molar-refractivity contribution in [3.05, 3.63) is 0 Å². The molecule has 0 spiro atoms. The van der Waals surface area contributed by atoms with E-state index in [0.717, 1.165) is 18.4 Å². The second-order valence-corrected chi connectivity index (χ2v) is 7.07. The minimum absolute atomic E-state index is 0.509. The summed E-state index contributed by atoms with van der Waals surface area (Å²) in [5, 5.41) is 3.57. The minimum atomic E-state index is 0.509. The van der Waals surface area contributed by atoms with Gasteiger partial charge in [-0.25, -0.2) is 0 Å². The highest BCUT2D eigenvalue weighted by Gasteiger charge is 2.24. The van der Waals surface area contributed by atoms with Crippen LogP contribution in [0, 0.1) is 17.3 Å². The summed E-state index contributed by atoms with van der Waals surface area (Å²) in [4.78, 5) is 0. The first kappa shape index (κ1) is 15.0. The summed E-state index contributed by atoms with van der Waals surface area (Å²) in [7, 11) is 0. The molecule has 1 nitrogen and oxygen atoms in total. The highest BCUT2D eigenvalue weighted by molar-refractivity contribution is 4.77. The molecule has 2 unspecified atom stereocenters. The van der Waals surface area contributed by atoms with Gasteiger partial charge in [-0.1, -0.05) is 53.4 Å². The fraction of sp³-hybridized carbons (Fsp3) is 1.00. The summed E-state index contributed by atoms with van der Waals surface area (Å²) in [6.45, 7) is 11.7. The molecule has 1 heteroatoms. The minimum Gasteiger partial charge on any atom is -0.317 e. The van der Waals surface area contributed by atoms with Gasteiger partial charge in [-0.15, -0.1) is 0 Å². The van der Waals surface area contributed by atoms with Gasteiger partial charge < -0.3 is 5.32 Å². The number of hydrogen-bond acceptors (Lipinski definition) is 1. The molecule has 1 saturated carbocycles. The van der Waals surface area contributed by atoms with E-state index >= 15 is 0 Å². The first-order valence-corrected chi connectivity index (χ1v) is 7.73. The lowest BCUT2D eigenvalue weighted by Gasteiger charge is -2.28. The Hall–Kier alpha value is -0.0400. The molecule has 0 heterocycles. The highest BCUT2D eigenvalue weighted by Crippen LogP contribution is 2.34. The largest absolute Gasteiger partial charge is 0.317 e. The van der Waals surface area contributed by atoms with Crippen molar-refractivity contribution < 1.29 is 0 Å². The van der Waals surface area contributed by atoms with Crippen LogP contribution in [0.5, 0.6) is 0 Å². The number of hydrogen-bond donors (Lipinski definition) is 1. The van der Waals surface area contributed by atoms with Crippen LogP contribution in [0.1, 0.15) is 72.6 Å². The van der Waals surface area contributed by atoms with Crippen LogP contribution in [-0.2, 0) is 0 Å². The Morgan fingerprint density at radius 3 is 2.24 bits per heavy atom. The van der Waals surface area contributed by atoms with Crippen molar-refractivity contribution in [2.24, 2.45) is 17.3 Å². The molecule has 0 saturated heterocycles. The summed E-state index contributed by atoms with van der Waals surface area (Å²) >= 11 is 0. The molecule has 0 aliphatic heterocycles. The lowest BCUT2D eigenvalue weighted by atomic mass is 9.79. The second kappa shape index (κ2) is 7.41. The SMILES string of the molecule is CCNCC1CCCCCC1CCC(C)(C)C. The van der Waals surface area contributed by atoms with E-state index in [4.69, 9.17) is 0 Å². The Morgan fingerprint density at radius 2 is 1.65 bits per heavy atom. The van der Waals surface area contributed by atoms with Gasteiger partial charge in [0.05, 0.1) is 0 Å². The fourth-order valence-corrected chi connectivity index (χ4v) is 3.06. The van der Waals surface area contributed by atoms with Crippen LogP contribution in [0.4, 0.5) is 0 Å². The summed E-state index contributed by atoms with van der Waals surface area (Å²) in [5.41, 5.74) is 0.509. The Bertz CT molecular complexity index is 192. The molecule has 0 amide bonds. The van der Waals surface area contributed by atoms with E-state index in [1.807, 2.05) is 0 Å². The van der Waals surface area contributed by atoms with Crippen molar-refractivity contribution in [1.29, 1.82) is 0 Å². The van der Waals surface area contributed by atoms with Crippen molar-refractivity contribution in [2.45, 2.75) is 72.6 Å². The van der Waals surface area contributed by atoms with Crippen LogP contribution in [0.15, 0.2) is 0 Å². The molecule has 1 N–H and O–H groups in total. The maximum Gasteiger partial charge on any atom is -0.00180 e. The molecule has 0 radical (unpaired) electrons. The molecule has 1 rings (SSSR count). The molecular formula is C16H33N. The van der Waals surface area contributed by atoms with E-state index in [1.165, 1.54) is 51.5 Å². The van der Waals surface area contributed by atoms with Crippen molar-refractivity contribution in [2.75, 3.05) is 13.1 Å². The lowest BCUT2D eigenvalue weighted by Crippen LogP contribution is -2.28. The maximum absolute atomic E-state index is 3.57. The van der Waals surface area contributed by atoms with Crippen LogP contribution < -0.4 is 5.32 Å². The molecule has 0 bridgehead atoms. The van der Waals surface area contributed by atoms with Crippen molar-refractivity contribution >= 4 is 0 Å². The van der Waals surface area contributed by atoms with Crippen molar-refractivity contribution in [3.8, 4) is 0 Å². The van der Waals surface area contributed by atoms with Crippen LogP contribution in [0.3, 0.4) is 0 Å². The zero-order valence-electron chi connectivity index (χ0n) is 12.5. The summed E-state index contributed by atoms with van der Waals surface area (Å²) in [6.07, 6.45) is 10.2. The monoisotopic (exact) mass is 239 g/mol. The molecule has 2 atom stereocenters. The molecule has 1 aliphatic carbocycles. The fourth-order valence-electron chi connectivity index (χ4n) is 3.06. The van der Waals surface area contributed by atoms with Gasteiger partial charge in [0.1, 0.15) is 0 Å². The van der Waals surface area contributed by atoms with Gasteiger partial charge >= 0.3 is 0 Å². The number of rotatable bonds is 5. The average molecular weight is 239 g/mol. The van der Waals surface area contributed by atoms with Gasteiger partial charge in [0, 0.05) is 0 Å². The first-order chi connectivity index (χ1) is 8.03. The molecular weight excluding hydrogens is 206 g/mol. The Balaban J connectivity index is 2.43. The Morgan fingerprint density at radius 1 is 1.00 bits per heavy atom. The first-order valence-electron chi connectivity index (χ1n) is 7.73. The normalized spacial score (nSPS) is 26.8. The molecule has 1 aliphatic rings. The number of nitrogens with one attached hydrogen (secondary N) is 1. The van der Waals surface area contributed by atoms with E-state index in [1.54, 1.807) is 0 Å². The smallest absolute Gasteiger partial charge is 0.00180 e. The van der Waals surface area contributed by atoms with Crippen LogP contribution in [0.25, 0.3) is 0 Å². The second-order valence-electron chi connectivity index (χ2n) is 7.07. The van der Waals surface area contributed by atoms with Crippen molar-refractivity contribution in [1.82, 2.24) is 5.32 Å². The zero-order valence-corrected chi connectivity index (χ0v) is 12.5. The summed E-state index contributed by atoms with van der Waals surface area (Å²) < 4.78 is 0.